The Kier molecular flexibility index (Phi) is 1.92. The van der Waals surface area contributed by atoms with Crippen LogP contribution < -0.4 is 0 Å². The molecule has 2 fully saturated rings. The van der Waals surface area contributed by atoms with Crippen LogP contribution in [-0.4, -0.2) is 11.7 Å². The van der Waals surface area contributed by atoms with Crippen molar-refractivity contribution in [3.8, 4) is 0 Å². The van der Waals surface area contributed by atoms with Crippen molar-refractivity contribution in [1.82, 2.24) is 0 Å². The molecule has 2 aliphatic rings. The lowest BCUT2D eigenvalue weighted by molar-refractivity contribution is 0.266. The molecule has 11 heavy (non-hydrogen) atoms. The molecule has 1 nitrogen and oxygen atoms in total. The Morgan fingerprint density at radius 3 is 3.09 bits per heavy atom. The Labute approximate surface area is 69.1 Å². The molecule has 0 amide bonds. The van der Waals surface area contributed by atoms with Crippen molar-refractivity contribution in [3.05, 3.63) is 0 Å². The molecular weight excluding hydrogens is 136 g/mol. The summed E-state index contributed by atoms with van der Waals surface area (Å²) in [5.74, 6) is 0. The van der Waals surface area contributed by atoms with Crippen LogP contribution in [0.1, 0.15) is 51.9 Å². The molecular formula is C10H18O. The molecule has 0 aromatic rings. The van der Waals surface area contributed by atoms with Crippen LogP contribution in [0.3, 0.4) is 0 Å². The summed E-state index contributed by atoms with van der Waals surface area (Å²) in [4.78, 5) is 0. The number of fused-ring (bicyclic) bond motifs is 1. The average Bonchev–Trinajstić information content (AvgIpc) is 2.75. The van der Waals surface area contributed by atoms with Gasteiger partial charge in [0.25, 0.3) is 0 Å². The third-order valence-corrected chi connectivity index (χ3v) is 3.18. The predicted molar refractivity (Wildman–Crippen MR) is 45.6 cm³/mol. The van der Waals surface area contributed by atoms with Crippen LogP contribution >= 0.6 is 0 Å². The highest BCUT2D eigenvalue weighted by Gasteiger charge is 2.55. The minimum atomic E-state index is 0.397. The van der Waals surface area contributed by atoms with E-state index in [1.807, 2.05) is 0 Å². The van der Waals surface area contributed by atoms with E-state index in [1.165, 1.54) is 44.9 Å². The maximum Gasteiger partial charge on any atom is 0.0948 e. The molecule has 1 aliphatic heterocycles. The van der Waals surface area contributed by atoms with Crippen molar-refractivity contribution in [3.63, 3.8) is 0 Å². The third kappa shape index (κ3) is 1.31. The van der Waals surface area contributed by atoms with Crippen LogP contribution in [0.4, 0.5) is 0 Å². The van der Waals surface area contributed by atoms with E-state index in [0.29, 0.717) is 11.7 Å². The Morgan fingerprint density at radius 1 is 1.45 bits per heavy atom. The van der Waals surface area contributed by atoms with Crippen LogP contribution in [0, 0.1) is 0 Å². The Hall–Kier alpha value is -0.0400. The SMILES string of the molecule is CCCC[C@]12CCCC[C@@H]1O2. The van der Waals surface area contributed by atoms with E-state index < -0.39 is 0 Å². The van der Waals surface area contributed by atoms with Gasteiger partial charge in [-0.1, -0.05) is 32.6 Å². The Morgan fingerprint density at radius 2 is 2.36 bits per heavy atom. The van der Waals surface area contributed by atoms with Gasteiger partial charge in [-0.3, -0.25) is 0 Å². The molecule has 64 valence electrons. The van der Waals surface area contributed by atoms with Crippen LogP contribution in [0.2, 0.25) is 0 Å². The second-order valence-electron chi connectivity index (χ2n) is 4.02. The summed E-state index contributed by atoms with van der Waals surface area (Å²) in [6, 6.07) is 0. The van der Waals surface area contributed by atoms with Gasteiger partial charge in [0.2, 0.25) is 0 Å². The summed E-state index contributed by atoms with van der Waals surface area (Å²) < 4.78 is 5.77. The average molecular weight is 154 g/mol. The van der Waals surface area contributed by atoms with Crippen molar-refractivity contribution in [2.24, 2.45) is 0 Å². The van der Waals surface area contributed by atoms with Crippen molar-refractivity contribution < 1.29 is 4.74 Å². The summed E-state index contributed by atoms with van der Waals surface area (Å²) >= 11 is 0. The first-order chi connectivity index (χ1) is 5.37. The van der Waals surface area contributed by atoms with Crippen LogP contribution in [0.25, 0.3) is 0 Å². The number of rotatable bonds is 3. The molecule has 1 saturated carbocycles. The number of epoxide rings is 1. The second-order valence-corrected chi connectivity index (χ2v) is 4.02. The third-order valence-electron chi connectivity index (χ3n) is 3.18. The van der Waals surface area contributed by atoms with Gasteiger partial charge >= 0.3 is 0 Å². The summed E-state index contributed by atoms with van der Waals surface area (Å²) in [6.45, 7) is 2.26. The Bertz CT molecular complexity index is 144. The number of unbranched alkanes of at least 4 members (excludes halogenated alkanes) is 1. The minimum absolute atomic E-state index is 0.397. The van der Waals surface area contributed by atoms with Crippen molar-refractivity contribution in [2.45, 2.75) is 63.6 Å². The minimum Gasteiger partial charge on any atom is -0.366 e. The van der Waals surface area contributed by atoms with E-state index in [0.717, 1.165) is 0 Å². The summed E-state index contributed by atoms with van der Waals surface area (Å²) in [6.07, 6.45) is 10.2. The zero-order valence-electron chi connectivity index (χ0n) is 7.44. The second kappa shape index (κ2) is 2.78. The number of hydrogen-bond donors (Lipinski definition) is 0. The topological polar surface area (TPSA) is 12.5 Å². The van der Waals surface area contributed by atoms with Gasteiger partial charge in [-0.15, -0.1) is 0 Å². The highest BCUT2D eigenvalue weighted by Crippen LogP contribution is 2.50. The highest BCUT2D eigenvalue weighted by molar-refractivity contribution is 5.04. The molecule has 0 spiro atoms. The van der Waals surface area contributed by atoms with Crippen LogP contribution in [-0.2, 0) is 4.74 Å². The summed E-state index contributed by atoms with van der Waals surface area (Å²) in [7, 11) is 0. The quantitative estimate of drug-likeness (QED) is 0.569. The van der Waals surface area contributed by atoms with E-state index in [2.05, 4.69) is 6.92 Å². The van der Waals surface area contributed by atoms with E-state index in [9.17, 15) is 0 Å². The number of hydrogen-bond acceptors (Lipinski definition) is 1. The van der Waals surface area contributed by atoms with Gasteiger partial charge in [0.05, 0.1) is 11.7 Å². The van der Waals surface area contributed by atoms with Gasteiger partial charge in [0, 0.05) is 0 Å². The molecule has 2 rings (SSSR count). The normalized spacial score (nSPS) is 41.7. The molecule has 0 aromatic heterocycles. The van der Waals surface area contributed by atoms with E-state index in [1.54, 1.807) is 0 Å². The fraction of sp³-hybridized carbons (Fsp3) is 1.00. The monoisotopic (exact) mass is 154 g/mol. The highest BCUT2D eigenvalue weighted by atomic mass is 16.6. The van der Waals surface area contributed by atoms with E-state index in [-0.39, 0.29) is 0 Å². The van der Waals surface area contributed by atoms with E-state index in [4.69, 9.17) is 4.74 Å². The lowest BCUT2D eigenvalue weighted by Crippen LogP contribution is -2.18. The lowest BCUT2D eigenvalue weighted by Gasteiger charge is -2.16. The smallest absolute Gasteiger partial charge is 0.0948 e. The largest absolute Gasteiger partial charge is 0.366 e. The molecule has 0 N–H and O–H groups in total. The molecule has 0 aromatic carbocycles. The number of ether oxygens (including phenoxy) is 1. The van der Waals surface area contributed by atoms with Gasteiger partial charge in [-0.25, -0.2) is 0 Å². The van der Waals surface area contributed by atoms with Gasteiger partial charge in [-0.05, 0) is 19.3 Å². The van der Waals surface area contributed by atoms with Gasteiger partial charge < -0.3 is 4.74 Å². The molecule has 1 heteroatoms. The van der Waals surface area contributed by atoms with Crippen molar-refractivity contribution >= 4 is 0 Å². The Balaban J connectivity index is 1.82. The molecule has 1 saturated heterocycles. The fourth-order valence-electron chi connectivity index (χ4n) is 2.37. The van der Waals surface area contributed by atoms with Gasteiger partial charge in [0.1, 0.15) is 0 Å². The maximum atomic E-state index is 5.77. The van der Waals surface area contributed by atoms with Crippen LogP contribution in [0.5, 0.6) is 0 Å². The van der Waals surface area contributed by atoms with Crippen molar-refractivity contribution in [1.29, 1.82) is 0 Å². The zero-order valence-corrected chi connectivity index (χ0v) is 7.44. The van der Waals surface area contributed by atoms with Crippen LogP contribution in [0.15, 0.2) is 0 Å². The lowest BCUT2D eigenvalue weighted by atomic mass is 9.85. The first-order valence-corrected chi connectivity index (χ1v) is 5.05. The van der Waals surface area contributed by atoms with E-state index >= 15 is 0 Å². The zero-order chi connectivity index (χ0) is 7.73. The van der Waals surface area contributed by atoms with Gasteiger partial charge in [-0.2, -0.15) is 0 Å². The molecule has 0 radical (unpaired) electrons. The van der Waals surface area contributed by atoms with Gasteiger partial charge in [0.15, 0.2) is 0 Å². The molecule has 0 bridgehead atoms. The fourth-order valence-corrected chi connectivity index (χ4v) is 2.37. The summed E-state index contributed by atoms with van der Waals surface area (Å²) in [5.41, 5.74) is 0.397. The maximum absolute atomic E-state index is 5.77. The predicted octanol–water partition coefficient (Wildman–Crippen LogP) is 2.89. The molecule has 1 aliphatic carbocycles. The molecule has 0 unspecified atom stereocenters. The molecule has 1 heterocycles. The first-order valence-electron chi connectivity index (χ1n) is 5.05. The first kappa shape index (κ1) is 7.60. The summed E-state index contributed by atoms with van der Waals surface area (Å²) in [5, 5.41) is 0. The molecule has 2 atom stereocenters. The standard InChI is InChI=1S/C10H18O/c1-2-3-7-10-8-5-4-6-9(10)11-10/h9H,2-8H2,1H3/t9-,10-/m0/s1. The van der Waals surface area contributed by atoms with Crippen molar-refractivity contribution in [2.75, 3.05) is 0 Å².